The Balaban J connectivity index is 2.43. The second kappa shape index (κ2) is 7.07. The van der Waals surface area contributed by atoms with Crippen molar-refractivity contribution in [3.8, 4) is 0 Å². The first kappa shape index (κ1) is 13.7. The highest BCUT2D eigenvalue weighted by molar-refractivity contribution is 5.94. The average Bonchev–Trinajstić information content (AvgIpc) is 2.38. The molecule has 0 aliphatic carbocycles. The van der Waals surface area contributed by atoms with Crippen molar-refractivity contribution in [2.45, 2.75) is 32.8 Å². The Kier molecular flexibility index (Phi) is 5.70. The van der Waals surface area contributed by atoms with Crippen molar-refractivity contribution in [1.82, 2.24) is 5.32 Å². The molecule has 0 fully saturated rings. The summed E-state index contributed by atoms with van der Waals surface area (Å²) in [6, 6.07) is 9.05. The van der Waals surface area contributed by atoms with Crippen molar-refractivity contribution in [2.75, 3.05) is 6.54 Å². The maximum atomic E-state index is 11.7. The van der Waals surface area contributed by atoms with Gasteiger partial charge < -0.3 is 10.4 Å². The number of rotatable bonds is 6. The first-order chi connectivity index (χ1) is 8.19. The maximum absolute atomic E-state index is 11.7. The summed E-state index contributed by atoms with van der Waals surface area (Å²) in [5.74, 6) is 0.127. The molecule has 0 saturated carbocycles. The van der Waals surface area contributed by atoms with E-state index in [4.69, 9.17) is 0 Å². The van der Waals surface area contributed by atoms with Gasteiger partial charge in [0.2, 0.25) is 0 Å². The molecule has 17 heavy (non-hydrogen) atoms. The van der Waals surface area contributed by atoms with Crippen molar-refractivity contribution < 1.29 is 9.90 Å². The third kappa shape index (κ3) is 4.19. The van der Waals surface area contributed by atoms with E-state index in [2.05, 4.69) is 19.2 Å². The lowest BCUT2D eigenvalue weighted by atomic mass is 9.96. The molecular weight excluding hydrogens is 214 g/mol. The Morgan fingerprint density at radius 2 is 1.82 bits per heavy atom. The fraction of sp³-hybridized carbons (Fsp3) is 0.500. The normalized spacial score (nSPS) is 12.5. The minimum Gasteiger partial charge on any atom is -0.391 e. The highest BCUT2D eigenvalue weighted by Gasteiger charge is 2.16. The zero-order chi connectivity index (χ0) is 12.7. The summed E-state index contributed by atoms with van der Waals surface area (Å²) in [6.07, 6.45) is 1.40. The molecule has 1 aromatic carbocycles. The van der Waals surface area contributed by atoms with Crippen molar-refractivity contribution in [2.24, 2.45) is 5.92 Å². The molecule has 0 radical (unpaired) electrons. The van der Waals surface area contributed by atoms with Crippen LogP contribution in [0, 0.1) is 5.92 Å². The Morgan fingerprint density at radius 1 is 1.24 bits per heavy atom. The third-order valence-electron chi connectivity index (χ3n) is 3.10. The molecule has 0 bridgehead atoms. The zero-order valence-electron chi connectivity index (χ0n) is 10.5. The van der Waals surface area contributed by atoms with E-state index in [1.54, 1.807) is 12.1 Å². The van der Waals surface area contributed by atoms with E-state index in [0.717, 1.165) is 12.8 Å². The largest absolute Gasteiger partial charge is 0.391 e. The second-order valence-electron chi connectivity index (χ2n) is 4.22. The van der Waals surface area contributed by atoms with E-state index in [1.165, 1.54) is 0 Å². The average molecular weight is 235 g/mol. The molecule has 0 heterocycles. The lowest BCUT2D eigenvalue weighted by molar-refractivity contribution is 0.0816. The van der Waals surface area contributed by atoms with E-state index < -0.39 is 6.10 Å². The van der Waals surface area contributed by atoms with Gasteiger partial charge in [-0.15, -0.1) is 0 Å². The van der Waals surface area contributed by atoms with E-state index in [0.29, 0.717) is 12.1 Å². The molecule has 3 nitrogen and oxygen atoms in total. The van der Waals surface area contributed by atoms with Gasteiger partial charge in [0.25, 0.3) is 5.91 Å². The van der Waals surface area contributed by atoms with Crippen molar-refractivity contribution >= 4 is 5.91 Å². The number of benzene rings is 1. The Bertz CT molecular complexity index is 333. The van der Waals surface area contributed by atoms with E-state index in [1.807, 2.05) is 18.2 Å². The fourth-order valence-electron chi connectivity index (χ4n) is 1.89. The van der Waals surface area contributed by atoms with Crippen LogP contribution >= 0.6 is 0 Å². The van der Waals surface area contributed by atoms with Gasteiger partial charge in [-0.25, -0.2) is 0 Å². The lowest BCUT2D eigenvalue weighted by Crippen LogP contribution is -2.36. The van der Waals surface area contributed by atoms with Gasteiger partial charge in [-0.05, 0) is 18.1 Å². The molecule has 0 aliphatic heterocycles. The molecule has 1 atom stereocenters. The lowest BCUT2D eigenvalue weighted by Gasteiger charge is -2.20. The number of carbonyl (C=O) groups excluding carboxylic acids is 1. The summed E-state index contributed by atoms with van der Waals surface area (Å²) in [4.78, 5) is 11.7. The zero-order valence-corrected chi connectivity index (χ0v) is 10.5. The fourth-order valence-corrected chi connectivity index (χ4v) is 1.89. The number of amides is 1. The summed E-state index contributed by atoms with van der Waals surface area (Å²) in [5.41, 5.74) is 0.629. The molecule has 94 valence electrons. The minimum atomic E-state index is -0.460. The molecule has 1 rings (SSSR count). The summed E-state index contributed by atoms with van der Waals surface area (Å²) in [6.45, 7) is 4.42. The minimum absolute atomic E-state index is 0.129. The molecule has 1 amide bonds. The van der Waals surface area contributed by atoms with E-state index in [9.17, 15) is 9.90 Å². The molecule has 0 spiro atoms. The quantitative estimate of drug-likeness (QED) is 0.794. The van der Waals surface area contributed by atoms with Crippen molar-refractivity contribution in [3.05, 3.63) is 35.9 Å². The SMILES string of the molecule is CCC(CC)C(O)CNC(=O)c1ccccc1. The van der Waals surface area contributed by atoms with Crippen LogP contribution in [-0.2, 0) is 0 Å². The van der Waals surface area contributed by atoms with Crippen LogP contribution in [-0.4, -0.2) is 23.7 Å². The van der Waals surface area contributed by atoms with Gasteiger partial charge in [-0.1, -0.05) is 44.9 Å². The van der Waals surface area contributed by atoms with Crippen LogP contribution in [0.3, 0.4) is 0 Å². The number of hydrogen-bond donors (Lipinski definition) is 2. The Labute approximate surface area is 103 Å². The van der Waals surface area contributed by atoms with Crippen LogP contribution in [0.2, 0.25) is 0 Å². The van der Waals surface area contributed by atoms with Crippen molar-refractivity contribution in [3.63, 3.8) is 0 Å². The predicted molar refractivity (Wildman–Crippen MR) is 68.9 cm³/mol. The van der Waals surface area contributed by atoms with Gasteiger partial charge in [0, 0.05) is 12.1 Å². The Morgan fingerprint density at radius 3 is 2.35 bits per heavy atom. The molecule has 0 aliphatic rings. The van der Waals surface area contributed by atoms with Crippen LogP contribution < -0.4 is 5.32 Å². The number of carbonyl (C=O) groups is 1. The van der Waals surface area contributed by atoms with Crippen LogP contribution in [0.5, 0.6) is 0 Å². The predicted octanol–water partition coefficient (Wildman–Crippen LogP) is 2.21. The summed E-state index contributed by atoms with van der Waals surface area (Å²) in [7, 11) is 0. The maximum Gasteiger partial charge on any atom is 0.251 e. The molecule has 2 N–H and O–H groups in total. The monoisotopic (exact) mass is 235 g/mol. The molecular formula is C14H21NO2. The summed E-state index contributed by atoms with van der Waals surface area (Å²) < 4.78 is 0. The highest BCUT2D eigenvalue weighted by atomic mass is 16.3. The topological polar surface area (TPSA) is 49.3 Å². The van der Waals surface area contributed by atoms with E-state index >= 15 is 0 Å². The number of aliphatic hydroxyl groups is 1. The van der Waals surface area contributed by atoms with E-state index in [-0.39, 0.29) is 11.8 Å². The van der Waals surface area contributed by atoms with Crippen LogP contribution in [0.4, 0.5) is 0 Å². The number of aliphatic hydroxyl groups excluding tert-OH is 1. The van der Waals surface area contributed by atoms with Gasteiger partial charge >= 0.3 is 0 Å². The van der Waals surface area contributed by atoms with Crippen molar-refractivity contribution in [1.29, 1.82) is 0 Å². The Hall–Kier alpha value is -1.35. The molecule has 1 aromatic rings. The first-order valence-electron chi connectivity index (χ1n) is 6.20. The number of hydrogen-bond acceptors (Lipinski definition) is 2. The summed E-state index contributed by atoms with van der Waals surface area (Å²) in [5, 5.41) is 12.6. The van der Waals surface area contributed by atoms with Gasteiger partial charge in [-0.2, -0.15) is 0 Å². The van der Waals surface area contributed by atoms with Crippen LogP contribution in [0.25, 0.3) is 0 Å². The van der Waals surface area contributed by atoms with Crippen LogP contribution in [0.1, 0.15) is 37.0 Å². The highest BCUT2D eigenvalue weighted by Crippen LogP contribution is 2.12. The smallest absolute Gasteiger partial charge is 0.251 e. The van der Waals surface area contributed by atoms with Gasteiger partial charge in [0.05, 0.1) is 6.10 Å². The molecule has 0 aromatic heterocycles. The standard InChI is InChI=1S/C14H21NO2/c1-3-11(4-2)13(16)10-15-14(17)12-8-6-5-7-9-12/h5-9,11,13,16H,3-4,10H2,1-2H3,(H,15,17). The molecule has 0 saturated heterocycles. The number of nitrogens with one attached hydrogen (secondary N) is 1. The molecule has 1 unspecified atom stereocenters. The van der Waals surface area contributed by atoms with Gasteiger partial charge in [0.15, 0.2) is 0 Å². The van der Waals surface area contributed by atoms with Crippen LogP contribution in [0.15, 0.2) is 30.3 Å². The molecule has 3 heteroatoms. The second-order valence-corrected chi connectivity index (χ2v) is 4.22. The summed E-state index contributed by atoms with van der Waals surface area (Å²) >= 11 is 0. The third-order valence-corrected chi connectivity index (χ3v) is 3.10. The van der Waals surface area contributed by atoms with Gasteiger partial charge in [0.1, 0.15) is 0 Å². The first-order valence-corrected chi connectivity index (χ1v) is 6.20. The van der Waals surface area contributed by atoms with Gasteiger partial charge in [-0.3, -0.25) is 4.79 Å².